The minimum atomic E-state index is -5.72. The first-order chi connectivity index (χ1) is 15.7. The van der Waals surface area contributed by atoms with Crippen LogP contribution >= 0.6 is 0 Å². The zero-order chi connectivity index (χ0) is 25.3. The van der Waals surface area contributed by atoms with E-state index in [4.69, 9.17) is 0 Å². The Labute approximate surface area is 195 Å². The molecule has 1 aromatic rings. The minimum absolute atomic E-state index is 0.00892. The van der Waals surface area contributed by atoms with Crippen LogP contribution in [0.5, 0.6) is 0 Å². The molecule has 0 radical (unpaired) electrons. The Morgan fingerprint density at radius 2 is 1.62 bits per heavy atom. The van der Waals surface area contributed by atoms with Gasteiger partial charge in [-0.1, -0.05) is 12.1 Å². The summed E-state index contributed by atoms with van der Waals surface area (Å²) in [5.74, 6) is 0. The summed E-state index contributed by atoms with van der Waals surface area (Å²) in [5, 5.41) is 0. The lowest BCUT2D eigenvalue weighted by molar-refractivity contribution is -0.308. The van der Waals surface area contributed by atoms with E-state index in [0.29, 0.717) is 19.4 Å². The maximum absolute atomic E-state index is 12.7. The molecular formula is C23H31F6N3O2. The number of nitrogens with zero attached hydrogens (tertiary/aromatic N) is 3. The van der Waals surface area contributed by atoms with Gasteiger partial charge in [-0.3, -0.25) is 4.90 Å². The molecule has 0 bridgehead atoms. The molecule has 0 aromatic heterocycles. The fourth-order valence-corrected chi connectivity index (χ4v) is 4.55. The van der Waals surface area contributed by atoms with Crippen molar-refractivity contribution >= 4 is 11.8 Å². The summed E-state index contributed by atoms with van der Waals surface area (Å²) in [4.78, 5) is 17.5. The summed E-state index contributed by atoms with van der Waals surface area (Å²) >= 11 is 0. The van der Waals surface area contributed by atoms with Crippen LogP contribution in [0.1, 0.15) is 43.7 Å². The van der Waals surface area contributed by atoms with E-state index in [2.05, 4.69) is 32.7 Å². The molecule has 0 unspecified atom stereocenters. The van der Waals surface area contributed by atoms with Gasteiger partial charge in [0.15, 0.2) is 0 Å². The zero-order valence-electron chi connectivity index (χ0n) is 19.6. The van der Waals surface area contributed by atoms with E-state index in [0.717, 1.165) is 36.4 Å². The molecule has 34 heavy (non-hydrogen) atoms. The Morgan fingerprint density at radius 1 is 1.06 bits per heavy atom. The fraction of sp³-hybridized carbons (Fsp3) is 0.696. The quantitative estimate of drug-likeness (QED) is 0.505. The second-order valence-corrected chi connectivity index (χ2v) is 9.51. The Balaban J connectivity index is 1.63. The Morgan fingerprint density at radius 3 is 2.15 bits per heavy atom. The first kappa shape index (κ1) is 26.4. The lowest BCUT2D eigenvalue weighted by Crippen LogP contribution is -2.54. The van der Waals surface area contributed by atoms with Gasteiger partial charge < -0.3 is 14.5 Å². The normalized spacial score (nSPS) is 19.3. The van der Waals surface area contributed by atoms with Crippen molar-refractivity contribution in [3.8, 4) is 0 Å². The molecule has 11 heteroatoms. The van der Waals surface area contributed by atoms with E-state index in [1.54, 1.807) is 0 Å². The first-order valence-electron chi connectivity index (χ1n) is 11.4. The molecule has 3 rings (SSSR count). The van der Waals surface area contributed by atoms with Crippen LogP contribution in [-0.4, -0.2) is 73.1 Å². The molecule has 2 aliphatic rings. The predicted octanol–water partition coefficient (Wildman–Crippen LogP) is 5.51. The summed E-state index contributed by atoms with van der Waals surface area (Å²) in [6.45, 7) is 6.71. The predicted molar refractivity (Wildman–Crippen MR) is 116 cm³/mol. The molecule has 0 spiro atoms. The van der Waals surface area contributed by atoms with Crippen LogP contribution in [0.2, 0.25) is 0 Å². The molecule has 1 amide bonds. The standard InChI is InChI=1S/C23H31F6N3O2/c1-16-6-7-17(18(14-16)31-10-4-5-11-31)15-30(3)21(2)8-12-32(13-9-21)20(33)34-19(22(24,25)26)23(27,28)29/h6-7,14,19H,4-5,8-13,15H2,1-3H3. The van der Waals surface area contributed by atoms with Gasteiger partial charge in [0.1, 0.15) is 0 Å². The SMILES string of the molecule is Cc1ccc(CN(C)C2(C)CCN(C(=O)OC(C(F)(F)F)C(F)(F)F)CC2)c(N2CCCC2)c1. The van der Waals surface area contributed by atoms with E-state index in [9.17, 15) is 31.1 Å². The monoisotopic (exact) mass is 495 g/mol. The summed E-state index contributed by atoms with van der Waals surface area (Å²) < 4.78 is 80.2. The van der Waals surface area contributed by atoms with Crippen LogP contribution in [0.25, 0.3) is 0 Å². The van der Waals surface area contributed by atoms with Crippen molar-refractivity contribution in [1.82, 2.24) is 9.80 Å². The zero-order valence-corrected chi connectivity index (χ0v) is 19.6. The number of rotatable bonds is 5. The number of aryl methyl sites for hydroxylation is 1. The molecule has 0 atom stereocenters. The summed E-state index contributed by atoms with van der Waals surface area (Å²) in [5.41, 5.74) is 3.15. The lowest BCUT2D eigenvalue weighted by Gasteiger charge is -2.45. The number of amides is 1. The van der Waals surface area contributed by atoms with Crippen molar-refractivity contribution < 1.29 is 35.9 Å². The number of piperidine rings is 1. The van der Waals surface area contributed by atoms with E-state index in [1.165, 1.54) is 11.3 Å². The Hall–Kier alpha value is -2.17. The third kappa shape index (κ3) is 6.09. The summed E-state index contributed by atoms with van der Waals surface area (Å²) in [6, 6.07) is 6.33. The molecule has 2 saturated heterocycles. The molecular weight excluding hydrogens is 464 g/mol. The van der Waals surface area contributed by atoms with Gasteiger partial charge in [0.25, 0.3) is 6.10 Å². The number of alkyl halides is 6. The second-order valence-electron chi connectivity index (χ2n) is 9.51. The molecule has 2 aliphatic heterocycles. The third-order valence-corrected chi connectivity index (χ3v) is 6.93. The highest BCUT2D eigenvalue weighted by Gasteiger charge is 2.60. The highest BCUT2D eigenvalue weighted by molar-refractivity contribution is 5.68. The molecule has 1 aromatic carbocycles. The average molecular weight is 496 g/mol. The van der Waals surface area contributed by atoms with Gasteiger partial charge >= 0.3 is 18.4 Å². The number of hydrogen-bond acceptors (Lipinski definition) is 4. The maximum Gasteiger partial charge on any atom is 0.434 e. The topological polar surface area (TPSA) is 36.0 Å². The maximum atomic E-state index is 12.7. The highest BCUT2D eigenvalue weighted by atomic mass is 19.4. The van der Waals surface area contributed by atoms with Crippen molar-refractivity contribution in [2.24, 2.45) is 0 Å². The molecule has 192 valence electrons. The van der Waals surface area contributed by atoms with Crippen LogP contribution in [0.15, 0.2) is 18.2 Å². The van der Waals surface area contributed by atoms with Crippen LogP contribution in [-0.2, 0) is 11.3 Å². The Bertz CT molecular complexity index is 845. The summed E-state index contributed by atoms with van der Waals surface area (Å²) in [7, 11) is 1.95. The first-order valence-corrected chi connectivity index (χ1v) is 11.4. The van der Waals surface area contributed by atoms with E-state index in [1.807, 2.05) is 20.9 Å². The number of anilines is 1. The number of ether oxygens (including phenoxy) is 1. The van der Waals surface area contributed by atoms with Crippen LogP contribution in [0.3, 0.4) is 0 Å². The lowest BCUT2D eigenvalue weighted by atomic mass is 9.87. The van der Waals surface area contributed by atoms with Crippen molar-refractivity contribution in [3.05, 3.63) is 29.3 Å². The molecule has 0 saturated carbocycles. The van der Waals surface area contributed by atoms with Gasteiger partial charge in [0, 0.05) is 44.0 Å². The van der Waals surface area contributed by atoms with Gasteiger partial charge in [0.05, 0.1) is 0 Å². The van der Waals surface area contributed by atoms with Gasteiger partial charge in [-0.25, -0.2) is 4.79 Å². The van der Waals surface area contributed by atoms with E-state index in [-0.39, 0.29) is 18.6 Å². The van der Waals surface area contributed by atoms with Crippen LogP contribution in [0, 0.1) is 6.92 Å². The second kappa shape index (κ2) is 9.83. The molecule has 0 N–H and O–H groups in total. The number of benzene rings is 1. The number of carbonyl (C=O) groups excluding carboxylic acids is 1. The highest BCUT2D eigenvalue weighted by Crippen LogP contribution is 2.37. The van der Waals surface area contributed by atoms with Gasteiger partial charge in [0.2, 0.25) is 0 Å². The smallest absolute Gasteiger partial charge is 0.426 e. The van der Waals surface area contributed by atoms with Crippen LogP contribution in [0.4, 0.5) is 36.8 Å². The number of carbonyl (C=O) groups is 1. The van der Waals surface area contributed by atoms with Gasteiger partial charge in [-0.2, -0.15) is 26.3 Å². The molecule has 2 fully saturated rings. The van der Waals surface area contributed by atoms with Crippen molar-refractivity contribution in [2.45, 2.75) is 70.1 Å². The number of halogens is 6. The van der Waals surface area contributed by atoms with Crippen molar-refractivity contribution in [1.29, 1.82) is 0 Å². The number of likely N-dealkylation sites (tertiary alicyclic amines) is 1. The molecule has 0 aliphatic carbocycles. The average Bonchev–Trinajstić information content (AvgIpc) is 3.26. The third-order valence-electron chi connectivity index (χ3n) is 6.93. The van der Waals surface area contributed by atoms with E-state index >= 15 is 0 Å². The largest absolute Gasteiger partial charge is 0.434 e. The van der Waals surface area contributed by atoms with E-state index < -0.39 is 24.5 Å². The minimum Gasteiger partial charge on any atom is -0.426 e. The van der Waals surface area contributed by atoms with Crippen LogP contribution < -0.4 is 4.90 Å². The van der Waals surface area contributed by atoms with Crippen molar-refractivity contribution in [3.63, 3.8) is 0 Å². The van der Waals surface area contributed by atoms with Crippen molar-refractivity contribution in [2.75, 3.05) is 38.1 Å². The van der Waals surface area contributed by atoms with Gasteiger partial charge in [-0.15, -0.1) is 0 Å². The summed E-state index contributed by atoms with van der Waals surface area (Å²) in [6.07, 6.45) is -14.1. The van der Waals surface area contributed by atoms with Gasteiger partial charge in [-0.05, 0) is 63.8 Å². The number of hydrogen-bond donors (Lipinski definition) is 0. The Kier molecular flexibility index (Phi) is 7.64. The molecule has 5 nitrogen and oxygen atoms in total. The fourth-order valence-electron chi connectivity index (χ4n) is 4.55. The molecule has 2 heterocycles.